The summed E-state index contributed by atoms with van der Waals surface area (Å²) >= 11 is 0. The molecule has 0 aliphatic carbocycles. The molecule has 13 heteroatoms. The second-order valence-corrected chi connectivity index (χ2v) is 6.50. The predicted octanol–water partition coefficient (Wildman–Crippen LogP) is -2.00. The zero-order valence-corrected chi connectivity index (χ0v) is 10.7. The second kappa shape index (κ2) is 5.75. The first-order valence-electron chi connectivity index (χ1n) is 4.59. The molecule has 1 rings (SSSR count). The van der Waals surface area contributed by atoms with E-state index in [4.69, 9.17) is 29.9 Å². The lowest BCUT2D eigenvalue weighted by molar-refractivity contribution is -0.00368. The average Bonchev–Trinajstić information content (AvgIpc) is 2.39. The number of hydrogen-bond donors (Lipinski definition) is 4. The SMILES string of the molecule is [B][C@@H]1O[C@H](COP([B])(=O)OP(=O)(O)O)[C@@H](O)[C@H]1O. The van der Waals surface area contributed by atoms with E-state index in [2.05, 4.69) is 8.83 Å². The summed E-state index contributed by atoms with van der Waals surface area (Å²) in [4.78, 5) is 16.8. The van der Waals surface area contributed by atoms with Crippen LogP contribution in [0.5, 0.6) is 0 Å². The minimum atomic E-state index is -5.08. The van der Waals surface area contributed by atoms with Crippen molar-refractivity contribution >= 4 is 30.7 Å². The molecule has 5 atom stereocenters. The molecule has 0 bridgehead atoms. The van der Waals surface area contributed by atoms with Gasteiger partial charge in [0.15, 0.2) is 0 Å². The van der Waals surface area contributed by atoms with Gasteiger partial charge < -0.3 is 29.3 Å². The summed E-state index contributed by atoms with van der Waals surface area (Å²) in [5.74, 6) is 0. The second-order valence-electron chi connectivity index (χ2n) is 3.53. The molecule has 4 N–H and O–H groups in total. The van der Waals surface area contributed by atoms with Gasteiger partial charge in [-0.15, -0.1) is 0 Å². The van der Waals surface area contributed by atoms with E-state index in [0.717, 1.165) is 0 Å². The summed E-state index contributed by atoms with van der Waals surface area (Å²) in [6, 6.07) is -1.16. The van der Waals surface area contributed by atoms with Crippen LogP contribution in [0.1, 0.15) is 0 Å². The van der Waals surface area contributed by atoms with Crippen LogP contribution in [0.25, 0.3) is 0 Å². The lowest BCUT2D eigenvalue weighted by atomic mass is 9.93. The molecule has 0 aromatic carbocycles. The number of rotatable bonds is 5. The van der Waals surface area contributed by atoms with Crippen LogP contribution in [0.15, 0.2) is 0 Å². The fraction of sp³-hybridized carbons (Fsp3) is 1.00. The molecule has 1 saturated heterocycles. The van der Waals surface area contributed by atoms with Crippen LogP contribution in [0.3, 0.4) is 0 Å². The Bertz CT molecular complexity index is 385. The van der Waals surface area contributed by atoms with Crippen molar-refractivity contribution in [1.29, 1.82) is 0 Å². The third-order valence-electron chi connectivity index (χ3n) is 2.04. The van der Waals surface area contributed by atoms with Gasteiger partial charge in [-0.1, -0.05) is 0 Å². The molecule has 1 aliphatic rings. The Labute approximate surface area is 105 Å². The van der Waals surface area contributed by atoms with E-state index in [1.807, 2.05) is 0 Å². The molecule has 1 fully saturated rings. The molecule has 9 nitrogen and oxygen atoms in total. The minimum Gasteiger partial charge on any atom is -0.388 e. The number of hydrogen-bond acceptors (Lipinski definition) is 7. The third-order valence-corrected chi connectivity index (χ3v) is 4.31. The van der Waals surface area contributed by atoms with Crippen molar-refractivity contribution in [2.24, 2.45) is 0 Å². The third kappa shape index (κ3) is 4.77. The summed E-state index contributed by atoms with van der Waals surface area (Å²) in [7, 11) is 0.552. The molecule has 0 spiro atoms. The molecular formula is C5H10B2O9P2. The quantitative estimate of drug-likeness (QED) is 0.335. The number of aliphatic hydroxyl groups excluding tert-OH is 2. The average molecular weight is 298 g/mol. The number of ether oxygens (including phenoxy) is 1. The Morgan fingerprint density at radius 2 is 1.78 bits per heavy atom. The van der Waals surface area contributed by atoms with Crippen molar-refractivity contribution in [3.8, 4) is 0 Å². The standard InChI is InChI=1S/C5H10B2O9P2/c6-5-4(9)3(8)2(15-5)1-14-17(7,10)16-18(11,12)13/h2-5,8-9H,1H2,(H2,11,12,13)/t2-,3-,4-,5-,17?/m1/s1. The van der Waals surface area contributed by atoms with Gasteiger partial charge in [0.1, 0.15) is 20.1 Å². The van der Waals surface area contributed by atoms with E-state index in [1.165, 1.54) is 0 Å². The molecular weight excluding hydrogens is 288 g/mol. The molecule has 4 radical (unpaired) electrons. The van der Waals surface area contributed by atoms with E-state index >= 15 is 0 Å². The van der Waals surface area contributed by atoms with Gasteiger partial charge >= 0.3 is 7.82 Å². The maximum absolute atomic E-state index is 11.3. The van der Waals surface area contributed by atoms with Crippen molar-refractivity contribution in [3.05, 3.63) is 0 Å². The fourth-order valence-electron chi connectivity index (χ4n) is 1.26. The Kier molecular flexibility index (Phi) is 5.22. The van der Waals surface area contributed by atoms with Crippen molar-refractivity contribution in [2.75, 3.05) is 6.61 Å². The maximum Gasteiger partial charge on any atom is 0.476 e. The highest BCUT2D eigenvalue weighted by Crippen LogP contribution is 2.57. The van der Waals surface area contributed by atoms with Crippen molar-refractivity contribution in [1.82, 2.24) is 0 Å². The molecule has 0 saturated carbocycles. The summed E-state index contributed by atoms with van der Waals surface area (Å²) in [6.45, 7) is -0.625. The molecule has 100 valence electrons. The van der Waals surface area contributed by atoms with Crippen LogP contribution in [0, 0.1) is 0 Å². The van der Waals surface area contributed by atoms with Gasteiger partial charge in [0.2, 0.25) is 7.57 Å². The van der Waals surface area contributed by atoms with E-state index in [-0.39, 0.29) is 0 Å². The Morgan fingerprint density at radius 3 is 2.17 bits per heavy atom. The molecule has 0 aromatic heterocycles. The topological polar surface area (TPSA) is 143 Å². The Balaban J connectivity index is 2.51. The van der Waals surface area contributed by atoms with Crippen LogP contribution in [0.4, 0.5) is 0 Å². The van der Waals surface area contributed by atoms with E-state index in [9.17, 15) is 19.3 Å². The first kappa shape index (κ1) is 16.4. The highest BCUT2D eigenvalue weighted by Gasteiger charge is 2.41. The first-order valence-corrected chi connectivity index (χ1v) is 7.73. The lowest BCUT2D eigenvalue weighted by Gasteiger charge is -2.19. The highest BCUT2D eigenvalue weighted by atomic mass is 31.3. The van der Waals surface area contributed by atoms with Crippen molar-refractivity contribution < 1.29 is 42.7 Å². The molecule has 0 aromatic rings. The van der Waals surface area contributed by atoms with Crippen LogP contribution in [-0.2, 0) is 22.7 Å². The van der Waals surface area contributed by atoms with Crippen molar-refractivity contribution in [2.45, 2.75) is 24.3 Å². The Hall–Kier alpha value is 0.310. The van der Waals surface area contributed by atoms with Gasteiger partial charge in [-0.2, -0.15) is 0 Å². The Morgan fingerprint density at radius 1 is 1.22 bits per heavy atom. The molecule has 18 heavy (non-hydrogen) atoms. The van der Waals surface area contributed by atoms with E-state index in [1.54, 1.807) is 0 Å². The fourth-order valence-corrected chi connectivity index (χ4v) is 2.99. The van der Waals surface area contributed by atoms with Gasteiger partial charge in [0, 0.05) is 6.00 Å². The van der Waals surface area contributed by atoms with Crippen molar-refractivity contribution in [3.63, 3.8) is 0 Å². The predicted molar refractivity (Wildman–Crippen MR) is 58.9 cm³/mol. The van der Waals surface area contributed by atoms with E-state index < -0.39 is 46.2 Å². The minimum absolute atomic E-state index is 0.625. The molecule has 1 unspecified atom stereocenters. The molecule has 1 heterocycles. The summed E-state index contributed by atoms with van der Waals surface area (Å²) in [6.07, 6.45) is -3.92. The van der Waals surface area contributed by atoms with Gasteiger partial charge in [0.25, 0.3) is 7.47 Å². The maximum atomic E-state index is 11.3. The summed E-state index contributed by atoms with van der Waals surface area (Å²) in [5.41, 5.74) is 0. The van der Waals surface area contributed by atoms with Crippen LogP contribution in [0.2, 0.25) is 0 Å². The summed E-state index contributed by atoms with van der Waals surface area (Å²) < 4.78 is 34.7. The van der Waals surface area contributed by atoms with Gasteiger partial charge in [-0.05, 0) is 0 Å². The normalized spacial score (nSPS) is 36.4. The summed E-state index contributed by atoms with van der Waals surface area (Å²) in [5, 5.41) is 18.6. The van der Waals surface area contributed by atoms with Gasteiger partial charge in [0.05, 0.1) is 12.7 Å². The smallest absolute Gasteiger partial charge is 0.388 e. The number of aliphatic hydroxyl groups is 2. The monoisotopic (exact) mass is 298 g/mol. The van der Waals surface area contributed by atoms with E-state index in [0.29, 0.717) is 0 Å². The first-order chi connectivity index (χ1) is 8.02. The highest BCUT2D eigenvalue weighted by molar-refractivity contribution is 7.83. The zero-order valence-electron chi connectivity index (χ0n) is 8.90. The lowest BCUT2D eigenvalue weighted by Crippen LogP contribution is -2.34. The van der Waals surface area contributed by atoms with Crippen LogP contribution >= 0.6 is 15.3 Å². The zero-order chi connectivity index (χ0) is 14.1. The molecule has 1 aliphatic heterocycles. The molecule has 0 amide bonds. The van der Waals surface area contributed by atoms with Crippen LogP contribution < -0.4 is 0 Å². The number of phosphoric acid groups is 1. The largest absolute Gasteiger partial charge is 0.476 e. The van der Waals surface area contributed by atoms with Gasteiger partial charge in [-0.25, -0.2) is 8.88 Å². The van der Waals surface area contributed by atoms with Gasteiger partial charge in [-0.3, -0.25) is 4.57 Å². The van der Waals surface area contributed by atoms with Crippen LogP contribution in [-0.4, -0.2) is 66.3 Å².